The minimum absolute atomic E-state index is 0.109. The summed E-state index contributed by atoms with van der Waals surface area (Å²) in [6.07, 6.45) is 3.97. The van der Waals surface area contributed by atoms with Crippen LogP contribution in [0.1, 0.15) is 16.5 Å². The van der Waals surface area contributed by atoms with Gasteiger partial charge in [0.25, 0.3) is 0 Å². The Balaban J connectivity index is 1.64. The molecule has 0 aromatic carbocycles. The van der Waals surface area contributed by atoms with E-state index in [1.807, 2.05) is 17.5 Å². The van der Waals surface area contributed by atoms with Gasteiger partial charge in [-0.3, -0.25) is 4.98 Å². The molecule has 3 rings (SSSR count). The number of hydrogen-bond acceptors (Lipinski definition) is 7. The maximum atomic E-state index is 12.3. The van der Waals surface area contributed by atoms with Gasteiger partial charge in [0.05, 0.1) is 10.7 Å². The van der Waals surface area contributed by atoms with Crippen molar-refractivity contribution in [3.05, 3.63) is 46.4 Å². The quantitative estimate of drug-likeness (QED) is 0.721. The van der Waals surface area contributed by atoms with Gasteiger partial charge in [-0.05, 0) is 26.0 Å². The summed E-state index contributed by atoms with van der Waals surface area (Å²) in [7, 11) is -3.63. The molecule has 0 atom stereocenters. The van der Waals surface area contributed by atoms with E-state index in [0.29, 0.717) is 12.1 Å². The SMILES string of the molecule is Cc1noc(C)c1S(=O)(=O)NCCc1nc(-c2cccnc2)cs1. The van der Waals surface area contributed by atoms with Crippen LogP contribution in [0.4, 0.5) is 0 Å². The zero-order valence-corrected chi connectivity index (χ0v) is 14.8. The van der Waals surface area contributed by atoms with Gasteiger partial charge in [0.1, 0.15) is 10.6 Å². The van der Waals surface area contributed by atoms with Crippen LogP contribution in [-0.2, 0) is 16.4 Å². The van der Waals surface area contributed by atoms with Gasteiger partial charge in [0.2, 0.25) is 10.0 Å². The highest BCUT2D eigenvalue weighted by Gasteiger charge is 2.23. The van der Waals surface area contributed by atoms with Crippen molar-refractivity contribution in [2.75, 3.05) is 6.54 Å². The Morgan fingerprint density at radius 3 is 2.83 bits per heavy atom. The maximum Gasteiger partial charge on any atom is 0.245 e. The molecule has 9 heteroatoms. The molecule has 0 aliphatic heterocycles. The predicted molar refractivity (Wildman–Crippen MR) is 90.2 cm³/mol. The van der Waals surface area contributed by atoms with Crippen LogP contribution in [0.3, 0.4) is 0 Å². The van der Waals surface area contributed by atoms with Crippen LogP contribution in [0.15, 0.2) is 39.3 Å². The fraction of sp³-hybridized carbons (Fsp3) is 0.267. The lowest BCUT2D eigenvalue weighted by molar-refractivity contribution is 0.390. The number of nitrogens with one attached hydrogen (secondary N) is 1. The second-order valence-electron chi connectivity index (χ2n) is 5.17. The minimum atomic E-state index is -3.63. The predicted octanol–water partition coefficient (Wildman–Crippen LogP) is 2.33. The van der Waals surface area contributed by atoms with Crippen LogP contribution in [0.2, 0.25) is 0 Å². The summed E-state index contributed by atoms with van der Waals surface area (Å²) in [6.45, 7) is 3.44. The van der Waals surface area contributed by atoms with Crippen LogP contribution in [0.5, 0.6) is 0 Å². The summed E-state index contributed by atoms with van der Waals surface area (Å²) in [4.78, 5) is 8.69. The molecule has 0 bridgehead atoms. The summed E-state index contributed by atoms with van der Waals surface area (Å²) in [5.74, 6) is 0.285. The highest BCUT2D eigenvalue weighted by atomic mass is 32.2. The molecule has 0 saturated heterocycles. The van der Waals surface area contributed by atoms with Crippen molar-refractivity contribution in [1.82, 2.24) is 19.8 Å². The second kappa shape index (κ2) is 6.80. The van der Waals surface area contributed by atoms with Crippen molar-refractivity contribution in [1.29, 1.82) is 0 Å². The highest BCUT2D eigenvalue weighted by Crippen LogP contribution is 2.21. The average molecular weight is 364 g/mol. The maximum absolute atomic E-state index is 12.3. The monoisotopic (exact) mass is 364 g/mol. The Hall–Kier alpha value is -2.10. The highest BCUT2D eigenvalue weighted by molar-refractivity contribution is 7.89. The molecule has 0 radical (unpaired) electrons. The molecule has 0 aliphatic carbocycles. The number of aromatic nitrogens is 3. The third kappa shape index (κ3) is 3.53. The summed E-state index contributed by atoms with van der Waals surface area (Å²) in [5, 5.41) is 6.47. The Kier molecular flexibility index (Phi) is 4.74. The van der Waals surface area contributed by atoms with Gasteiger partial charge in [-0.15, -0.1) is 11.3 Å². The minimum Gasteiger partial charge on any atom is -0.360 e. The zero-order chi connectivity index (χ0) is 17.2. The summed E-state index contributed by atoms with van der Waals surface area (Å²) < 4.78 is 32.1. The number of rotatable bonds is 6. The number of thiazole rings is 1. The van der Waals surface area contributed by atoms with Crippen LogP contribution in [-0.4, -0.2) is 30.1 Å². The van der Waals surface area contributed by atoms with Gasteiger partial charge in [0, 0.05) is 36.3 Å². The third-order valence-corrected chi connectivity index (χ3v) is 5.99. The number of nitrogens with zero attached hydrogens (tertiary/aromatic N) is 3. The number of aryl methyl sites for hydroxylation is 2. The Morgan fingerprint density at radius 2 is 2.17 bits per heavy atom. The van der Waals surface area contributed by atoms with E-state index in [9.17, 15) is 8.42 Å². The van der Waals surface area contributed by atoms with Gasteiger partial charge in [-0.1, -0.05) is 5.16 Å². The molecule has 3 aromatic heterocycles. The molecule has 3 heterocycles. The standard InChI is InChI=1S/C15H16N4O3S2/c1-10-15(11(2)22-19-10)24(20,21)17-7-5-14-18-13(9-23-14)12-4-3-6-16-8-12/h3-4,6,8-9,17H,5,7H2,1-2H3. The van der Waals surface area contributed by atoms with Crippen LogP contribution >= 0.6 is 11.3 Å². The fourth-order valence-corrected chi connectivity index (χ4v) is 4.46. The van der Waals surface area contributed by atoms with Crippen LogP contribution < -0.4 is 4.72 Å². The molecule has 0 aliphatic rings. The second-order valence-corrected chi connectivity index (χ2v) is 7.82. The normalized spacial score (nSPS) is 11.8. The fourth-order valence-electron chi connectivity index (χ4n) is 2.30. The van der Waals surface area contributed by atoms with Gasteiger partial charge in [-0.25, -0.2) is 18.1 Å². The smallest absolute Gasteiger partial charge is 0.245 e. The molecule has 1 N–H and O–H groups in total. The molecule has 126 valence electrons. The number of hydrogen-bond donors (Lipinski definition) is 1. The first kappa shape index (κ1) is 16.7. The third-order valence-electron chi connectivity index (χ3n) is 3.38. The van der Waals surface area contributed by atoms with Crippen molar-refractivity contribution in [3.8, 4) is 11.3 Å². The molecule has 0 fully saturated rings. The van der Waals surface area contributed by atoms with Crippen LogP contribution in [0.25, 0.3) is 11.3 Å². The van der Waals surface area contributed by atoms with E-state index in [-0.39, 0.29) is 17.2 Å². The van der Waals surface area contributed by atoms with E-state index in [2.05, 4.69) is 19.8 Å². The van der Waals surface area contributed by atoms with E-state index < -0.39 is 10.0 Å². The van der Waals surface area contributed by atoms with Crippen molar-refractivity contribution in [3.63, 3.8) is 0 Å². The van der Waals surface area contributed by atoms with Crippen molar-refractivity contribution < 1.29 is 12.9 Å². The van der Waals surface area contributed by atoms with Crippen molar-refractivity contribution >= 4 is 21.4 Å². The van der Waals surface area contributed by atoms with E-state index in [1.54, 1.807) is 26.2 Å². The molecule has 0 spiro atoms. The van der Waals surface area contributed by atoms with Gasteiger partial charge in [0.15, 0.2) is 5.76 Å². The largest absolute Gasteiger partial charge is 0.360 e. The number of sulfonamides is 1. The van der Waals surface area contributed by atoms with Gasteiger partial charge < -0.3 is 4.52 Å². The molecule has 0 amide bonds. The summed E-state index contributed by atoms with van der Waals surface area (Å²) in [6, 6.07) is 3.79. The van der Waals surface area contributed by atoms with Gasteiger partial charge >= 0.3 is 0 Å². The van der Waals surface area contributed by atoms with E-state index in [1.165, 1.54) is 11.3 Å². The molecule has 7 nitrogen and oxygen atoms in total. The Morgan fingerprint density at radius 1 is 1.33 bits per heavy atom. The lowest BCUT2D eigenvalue weighted by Crippen LogP contribution is -2.26. The topological polar surface area (TPSA) is 98.0 Å². The molecule has 0 saturated carbocycles. The Bertz CT molecular complexity index is 913. The molecular weight excluding hydrogens is 348 g/mol. The number of pyridine rings is 1. The van der Waals surface area contributed by atoms with Gasteiger partial charge in [-0.2, -0.15) is 0 Å². The molecular formula is C15H16N4O3S2. The summed E-state index contributed by atoms with van der Waals surface area (Å²) in [5.41, 5.74) is 2.14. The molecule has 3 aromatic rings. The van der Waals surface area contributed by atoms with Crippen molar-refractivity contribution in [2.24, 2.45) is 0 Å². The summed E-state index contributed by atoms with van der Waals surface area (Å²) >= 11 is 1.49. The van der Waals surface area contributed by atoms with E-state index in [0.717, 1.165) is 16.3 Å². The zero-order valence-electron chi connectivity index (χ0n) is 13.2. The molecule has 0 unspecified atom stereocenters. The van der Waals surface area contributed by atoms with Crippen LogP contribution in [0, 0.1) is 13.8 Å². The van der Waals surface area contributed by atoms with E-state index in [4.69, 9.17) is 4.52 Å². The van der Waals surface area contributed by atoms with Crippen molar-refractivity contribution in [2.45, 2.75) is 25.2 Å². The lowest BCUT2D eigenvalue weighted by Gasteiger charge is -2.04. The first-order chi connectivity index (χ1) is 11.5. The first-order valence-corrected chi connectivity index (χ1v) is 9.61. The van der Waals surface area contributed by atoms with E-state index >= 15 is 0 Å². The molecule has 24 heavy (non-hydrogen) atoms. The Labute approximate surface area is 143 Å². The first-order valence-electron chi connectivity index (χ1n) is 7.25. The average Bonchev–Trinajstić information content (AvgIpc) is 3.15. The lowest BCUT2D eigenvalue weighted by atomic mass is 10.2.